The minimum absolute atomic E-state index is 0. The molecule has 1 aromatic rings. The fraction of sp³-hybridized carbons (Fsp3) is 0.600. The largest absolute Gasteiger partial charge is 0.490 e. The molecule has 1 atom stereocenters. The van der Waals surface area contributed by atoms with Crippen molar-refractivity contribution in [3.05, 3.63) is 23.8 Å². The van der Waals surface area contributed by atoms with Crippen molar-refractivity contribution >= 4 is 12.4 Å². The fourth-order valence-electron chi connectivity index (χ4n) is 2.57. The van der Waals surface area contributed by atoms with E-state index in [2.05, 4.69) is 17.1 Å². The monoisotopic (exact) mass is 336 g/mol. The van der Waals surface area contributed by atoms with Gasteiger partial charge in [-0.25, -0.2) is 0 Å². The second-order valence-electron chi connectivity index (χ2n) is 5.15. The van der Waals surface area contributed by atoms with Crippen LogP contribution in [-0.2, 0) is 6.54 Å². The molecule has 4 nitrogen and oxygen atoms in total. The second kappa shape index (κ2) is 9.12. The summed E-state index contributed by atoms with van der Waals surface area (Å²) in [7, 11) is 0. The zero-order valence-corrected chi connectivity index (χ0v) is 13.7. The summed E-state index contributed by atoms with van der Waals surface area (Å²) in [5, 5.41) is 3.36. The van der Waals surface area contributed by atoms with Crippen LogP contribution in [0.25, 0.3) is 0 Å². The van der Waals surface area contributed by atoms with Gasteiger partial charge in [-0.2, -0.15) is 8.78 Å². The van der Waals surface area contributed by atoms with Crippen LogP contribution < -0.4 is 14.8 Å². The van der Waals surface area contributed by atoms with E-state index in [1.807, 2.05) is 19.1 Å². The number of hydrogen-bond donors (Lipinski definition) is 1. The van der Waals surface area contributed by atoms with Gasteiger partial charge in [0.2, 0.25) is 0 Å². The molecule has 1 aliphatic heterocycles. The number of nitrogens with one attached hydrogen (secondary N) is 1. The Morgan fingerprint density at radius 2 is 2.18 bits per heavy atom. The molecule has 1 fully saturated rings. The van der Waals surface area contributed by atoms with Gasteiger partial charge in [0, 0.05) is 37.8 Å². The van der Waals surface area contributed by atoms with Crippen molar-refractivity contribution in [2.75, 3.05) is 26.2 Å². The van der Waals surface area contributed by atoms with Crippen LogP contribution in [0, 0.1) is 0 Å². The lowest BCUT2D eigenvalue weighted by molar-refractivity contribution is -0.0524. The number of para-hydroxylation sites is 1. The summed E-state index contributed by atoms with van der Waals surface area (Å²) in [6, 6.07) is 5.68. The Kier molecular flexibility index (Phi) is 7.85. The molecule has 1 aliphatic rings. The van der Waals surface area contributed by atoms with Crippen LogP contribution in [0.1, 0.15) is 19.4 Å². The van der Waals surface area contributed by atoms with Crippen molar-refractivity contribution in [2.24, 2.45) is 0 Å². The van der Waals surface area contributed by atoms with E-state index in [1.165, 1.54) is 0 Å². The van der Waals surface area contributed by atoms with E-state index in [9.17, 15) is 8.78 Å². The maximum absolute atomic E-state index is 12.7. The summed E-state index contributed by atoms with van der Waals surface area (Å²) in [6.45, 7) is 4.73. The van der Waals surface area contributed by atoms with Gasteiger partial charge in [0.25, 0.3) is 0 Å². The molecular weight excluding hydrogens is 314 g/mol. The average molecular weight is 337 g/mol. The van der Waals surface area contributed by atoms with E-state index >= 15 is 0 Å². The minimum atomic E-state index is -2.85. The number of nitrogens with zero attached hydrogens (tertiary/aromatic N) is 1. The Morgan fingerprint density at radius 1 is 1.41 bits per heavy atom. The Bertz CT molecular complexity index is 463. The van der Waals surface area contributed by atoms with Gasteiger partial charge in [-0.05, 0) is 19.9 Å². The van der Waals surface area contributed by atoms with Gasteiger partial charge >= 0.3 is 6.61 Å². The van der Waals surface area contributed by atoms with E-state index in [-0.39, 0.29) is 18.2 Å². The molecule has 0 saturated carbocycles. The van der Waals surface area contributed by atoms with Crippen molar-refractivity contribution in [1.82, 2.24) is 10.2 Å². The zero-order chi connectivity index (χ0) is 15.2. The molecule has 2 rings (SSSR count). The molecule has 7 heteroatoms. The molecule has 1 heterocycles. The Hall–Kier alpha value is -1.11. The third-order valence-corrected chi connectivity index (χ3v) is 3.41. The smallest absolute Gasteiger partial charge is 0.387 e. The predicted octanol–water partition coefficient (Wildman–Crippen LogP) is 2.90. The summed E-state index contributed by atoms with van der Waals surface area (Å²) in [5.74, 6) is 0.527. The summed E-state index contributed by atoms with van der Waals surface area (Å²) in [5.41, 5.74) is 0.732. The summed E-state index contributed by atoms with van der Waals surface area (Å²) >= 11 is 0. The van der Waals surface area contributed by atoms with E-state index in [0.29, 0.717) is 24.9 Å². The van der Waals surface area contributed by atoms with Gasteiger partial charge in [-0.3, -0.25) is 4.90 Å². The number of halogens is 3. The lowest BCUT2D eigenvalue weighted by Crippen LogP contribution is -2.48. The molecule has 0 amide bonds. The normalized spacial score (nSPS) is 18.9. The van der Waals surface area contributed by atoms with E-state index in [1.54, 1.807) is 6.07 Å². The van der Waals surface area contributed by atoms with Crippen LogP contribution in [0.15, 0.2) is 18.2 Å². The van der Waals surface area contributed by atoms with E-state index in [4.69, 9.17) is 9.47 Å². The summed E-state index contributed by atoms with van der Waals surface area (Å²) in [6.07, 6.45) is 0. The highest BCUT2D eigenvalue weighted by atomic mass is 35.5. The first kappa shape index (κ1) is 18.9. The zero-order valence-electron chi connectivity index (χ0n) is 12.9. The van der Waals surface area contributed by atoms with Crippen LogP contribution >= 0.6 is 12.4 Å². The lowest BCUT2D eigenvalue weighted by atomic mass is 10.1. The highest BCUT2D eigenvalue weighted by Gasteiger charge is 2.20. The highest BCUT2D eigenvalue weighted by Crippen LogP contribution is 2.33. The summed E-state index contributed by atoms with van der Waals surface area (Å²) < 4.78 is 35.4. The molecular formula is C15H23ClF2N2O2. The molecule has 0 aromatic heterocycles. The first-order valence-corrected chi connectivity index (χ1v) is 7.25. The molecule has 0 spiro atoms. The van der Waals surface area contributed by atoms with Crippen LogP contribution in [-0.4, -0.2) is 43.8 Å². The summed E-state index contributed by atoms with van der Waals surface area (Å²) in [4.78, 5) is 2.23. The number of alkyl halides is 2. The molecule has 0 bridgehead atoms. The third kappa shape index (κ3) is 5.26. The topological polar surface area (TPSA) is 33.7 Å². The third-order valence-electron chi connectivity index (χ3n) is 3.41. The van der Waals surface area contributed by atoms with Gasteiger partial charge < -0.3 is 14.8 Å². The molecule has 0 unspecified atom stereocenters. The quantitative estimate of drug-likeness (QED) is 0.866. The number of hydrogen-bond acceptors (Lipinski definition) is 4. The number of piperazine rings is 1. The van der Waals surface area contributed by atoms with Crippen LogP contribution in [0.3, 0.4) is 0 Å². The van der Waals surface area contributed by atoms with E-state index in [0.717, 1.165) is 25.2 Å². The van der Waals surface area contributed by atoms with Crippen LogP contribution in [0.2, 0.25) is 0 Å². The maximum atomic E-state index is 12.7. The predicted molar refractivity (Wildman–Crippen MR) is 84.2 cm³/mol. The number of benzene rings is 1. The van der Waals surface area contributed by atoms with Crippen LogP contribution in [0.4, 0.5) is 8.78 Å². The van der Waals surface area contributed by atoms with Gasteiger partial charge in [0.15, 0.2) is 11.5 Å². The van der Waals surface area contributed by atoms with Gasteiger partial charge in [0.1, 0.15) is 0 Å². The van der Waals surface area contributed by atoms with Gasteiger partial charge in [0.05, 0.1) is 6.61 Å². The molecule has 1 N–H and O–H groups in total. The van der Waals surface area contributed by atoms with Crippen molar-refractivity contribution in [1.29, 1.82) is 0 Å². The number of rotatable bonds is 6. The molecule has 0 radical (unpaired) electrons. The van der Waals surface area contributed by atoms with Gasteiger partial charge in [-0.1, -0.05) is 12.1 Å². The highest BCUT2D eigenvalue weighted by molar-refractivity contribution is 5.85. The van der Waals surface area contributed by atoms with Crippen molar-refractivity contribution in [2.45, 2.75) is 33.0 Å². The molecule has 126 valence electrons. The Morgan fingerprint density at radius 3 is 2.82 bits per heavy atom. The number of ether oxygens (including phenoxy) is 2. The average Bonchev–Trinajstić information content (AvgIpc) is 2.42. The first-order valence-electron chi connectivity index (χ1n) is 7.25. The Labute approximate surface area is 136 Å². The molecule has 1 saturated heterocycles. The van der Waals surface area contributed by atoms with Crippen molar-refractivity contribution < 1.29 is 18.3 Å². The standard InChI is InChI=1S/C15H22F2N2O2.ClH/c1-3-20-13-6-4-5-12(14(13)21-15(16)17)10-19-8-7-18-11(2)9-19;/h4-6,11,15,18H,3,7-10H2,1-2H3;1H/t11-;/m1./s1. The molecule has 22 heavy (non-hydrogen) atoms. The second-order valence-corrected chi connectivity index (χ2v) is 5.15. The van der Waals surface area contributed by atoms with Crippen molar-refractivity contribution in [3.8, 4) is 11.5 Å². The van der Waals surface area contributed by atoms with Crippen LogP contribution in [0.5, 0.6) is 11.5 Å². The minimum Gasteiger partial charge on any atom is -0.490 e. The molecule has 0 aliphatic carbocycles. The lowest BCUT2D eigenvalue weighted by Gasteiger charge is -2.32. The van der Waals surface area contributed by atoms with E-state index < -0.39 is 6.61 Å². The SMILES string of the molecule is CCOc1cccc(CN2CCN[C@H](C)C2)c1OC(F)F.Cl. The molecule has 1 aromatic carbocycles. The Balaban J connectivity index is 0.00000242. The fourth-order valence-corrected chi connectivity index (χ4v) is 2.57. The first-order chi connectivity index (χ1) is 10.1. The van der Waals surface area contributed by atoms with Crippen molar-refractivity contribution in [3.63, 3.8) is 0 Å². The maximum Gasteiger partial charge on any atom is 0.387 e. The van der Waals surface area contributed by atoms with Gasteiger partial charge in [-0.15, -0.1) is 12.4 Å².